The Morgan fingerprint density at radius 2 is 1.86 bits per heavy atom. The van der Waals surface area contributed by atoms with Crippen molar-refractivity contribution in [3.63, 3.8) is 0 Å². The van der Waals surface area contributed by atoms with Gasteiger partial charge in [0.1, 0.15) is 18.3 Å². The molecule has 2 aliphatic heterocycles. The zero-order valence-electron chi connectivity index (χ0n) is 17.4. The highest BCUT2D eigenvalue weighted by atomic mass is 16.6. The number of esters is 1. The van der Waals surface area contributed by atoms with Crippen LogP contribution < -0.4 is 10.6 Å². The highest BCUT2D eigenvalue weighted by Gasteiger charge is 2.34. The van der Waals surface area contributed by atoms with Crippen molar-refractivity contribution < 1.29 is 23.8 Å². The van der Waals surface area contributed by atoms with Gasteiger partial charge < -0.3 is 19.9 Å². The van der Waals surface area contributed by atoms with E-state index in [1.54, 1.807) is 17.0 Å². The lowest BCUT2D eigenvalue weighted by Gasteiger charge is -2.32. The summed E-state index contributed by atoms with van der Waals surface area (Å²) >= 11 is 0. The number of carbonyl (C=O) groups excluding carboxylic acids is 2. The number of benzene rings is 1. The maximum absolute atomic E-state index is 12.2. The minimum Gasteiger partial charge on any atom is -0.458 e. The molecule has 29 heavy (non-hydrogen) atoms. The number of hydrogen-bond donors (Lipinski definition) is 1. The molecule has 2 aliphatic rings. The molecule has 1 unspecified atom stereocenters. The number of carbonyl (C=O) groups is 2. The van der Waals surface area contributed by atoms with Crippen molar-refractivity contribution in [3.8, 4) is 0 Å². The molecule has 1 atom stereocenters. The average Bonchev–Trinajstić information content (AvgIpc) is 3.00. The molecule has 0 saturated carbocycles. The molecule has 2 fully saturated rings. The van der Waals surface area contributed by atoms with Gasteiger partial charge in [-0.2, -0.15) is 0 Å². The van der Waals surface area contributed by atoms with Gasteiger partial charge >= 0.3 is 12.1 Å². The Hall–Kier alpha value is -2.32. The number of piperidine rings is 1. The summed E-state index contributed by atoms with van der Waals surface area (Å²) in [4.78, 5) is 27.9. The summed E-state index contributed by atoms with van der Waals surface area (Å²) in [6.45, 7) is 8.41. The van der Waals surface area contributed by atoms with Crippen LogP contribution in [0.15, 0.2) is 24.3 Å². The Morgan fingerprint density at radius 3 is 2.48 bits per heavy atom. The van der Waals surface area contributed by atoms with E-state index in [1.165, 1.54) is 0 Å². The monoisotopic (exact) mass is 405 g/mol. The van der Waals surface area contributed by atoms with Crippen LogP contribution in [0.4, 0.5) is 16.2 Å². The van der Waals surface area contributed by atoms with E-state index in [2.05, 4.69) is 4.90 Å². The minimum absolute atomic E-state index is 0.0152. The first-order valence-electron chi connectivity index (χ1n) is 10.1. The van der Waals surface area contributed by atoms with E-state index >= 15 is 0 Å². The summed E-state index contributed by atoms with van der Waals surface area (Å²) in [7, 11) is 0. The molecule has 1 aromatic rings. The van der Waals surface area contributed by atoms with Crippen molar-refractivity contribution in [1.29, 1.82) is 0 Å². The van der Waals surface area contributed by atoms with E-state index in [-0.39, 0.29) is 30.9 Å². The summed E-state index contributed by atoms with van der Waals surface area (Å²) in [5, 5.41) is 0. The lowest BCUT2D eigenvalue weighted by atomic mass is 10.1. The van der Waals surface area contributed by atoms with Gasteiger partial charge in [-0.1, -0.05) is 0 Å². The summed E-state index contributed by atoms with van der Waals surface area (Å²) in [5.41, 5.74) is 6.67. The van der Waals surface area contributed by atoms with Crippen LogP contribution in [0.3, 0.4) is 0 Å². The third-order valence-corrected chi connectivity index (χ3v) is 4.93. The topological polar surface area (TPSA) is 94.3 Å². The second-order valence-electron chi connectivity index (χ2n) is 8.61. The van der Waals surface area contributed by atoms with Gasteiger partial charge in [-0.3, -0.25) is 9.80 Å². The summed E-state index contributed by atoms with van der Waals surface area (Å²) in [6.07, 6.45) is 1.24. The molecule has 1 aromatic carbocycles. The molecular weight excluding hydrogens is 374 g/mol. The van der Waals surface area contributed by atoms with Crippen LogP contribution in [0, 0.1) is 0 Å². The predicted octanol–water partition coefficient (Wildman–Crippen LogP) is 2.42. The van der Waals surface area contributed by atoms with Gasteiger partial charge in [-0.05, 0) is 57.9 Å². The van der Waals surface area contributed by atoms with Crippen LogP contribution in [0.5, 0.6) is 0 Å². The molecule has 0 bridgehead atoms. The van der Waals surface area contributed by atoms with Gasteiger partial charge in [0.15, 0.2) is 0 Å². The first kappa shape index (κ1) is 21.4. The quantitative estimate of drug-likeness (QED) is 0.574. The standard InChI is InChI=1S/C21H31N3O5/c1-21(2,3)29-19(25)14-27-17-8-10-23(11-9-17)12-18-13-24(20(26)28-18)16-6-4-15(22)5-7-16/h4-7,17-18H,8-14,22H2,1-3H3. The first-order chi connectivity index (χ1) is 13.7. The highest BCUT2D eigenvalue weighted by molar-refractivity contribution is 5.89. The van der Waals surface area contributed by atoms with Crippen LogP contribution in [-0.2, 0) is 19.0 Å². The maximum Gasteiger partial charge on any atom is 0.414 e. The predicted molar refractivity (Wildman–Crippen MR) is 110 cm³/mol. The minimum atomic E-state index is -0.497. The van der Waals surface area contributed by atoms with Crippen LogP contribution in [0.2, 0.25) is 0 Å². The number of cyclic esters (lactones) is 1. The summed E-state index contributed by atoms with van der Waals surface area (Å²) in [5.74, 6) is -0.333. The zero-order valence-corrected chi connectivity index (χ0v) is 17.4. The Bertz CT molecular complexity index is 708. The number of likely N-dealkylation sites (tertiary alicyclic amines) is 1. The fraction of sp³-hybridized carbons (Fsp3) is 0.619. The Kier molecular flexibility index (Phi) is 6.64. The molecular formula is C21H31N3O5. The molecule has 2 N–H and O–H groups in total. The Morgan fingerprint density at radius 1 is 1.21 bits per heavy atom. The smallest absolute Gasteiger partial charge is 0.414 e. The van der Waals surface area contributed by atoms with E-state index in [0.29, 0.717) is 18.8 Å². The molecule has 0 aliphatic carbocycles. The van der Waals surface area contributed by atoms with E-state index < -0.39 is 5.60 Å². The third kappa shape index (κ3) is 6.33. The molecule has 2 heterocycles. The van der Waals surface area contributed by atoms with E-state index in [0.717, 1.165) is 31.6 Å². The number of ether oxygens (including phenoxy) is 3. The van der Waals surface area contributed by atoms with Crippen LogP contribution in [-0.4, -0.2) is 67.6 Å². The number of hydrogen-bond acceptors (Lipinski definition) is 7. The maximum atomic E-state index is 12.2. The van der Waals surface area contributed by atoms with Crippen molar-refractivity contribution in [2.24, 2.45) is 0 Å². The SMILES string of the molecule is CC(C)(C)OC(=O)COC1CCN(CC2CN(c3ccc(N)cc3)C(=O)O2)CC1. The fourth-order valence-corrected chi connectivity index (χ4v) is 3.59. The molecule has 8 nitrogen and oxygen atoms in total. The normalized spacial score (nSPS) is 21.3. The molecule has 3 rings (SSSR count). The molecule has 2 saturated heterocycles. The fourth-order valence-electron chi connectivity index (χ4n) is 3.59. The van der Waals surface area contributed by atoms with Crippen LogP contribution >= 0.6 is 0 Å². The highest BCUT2D eigenvalue weighted by Crippen LogP contribution is 2.24. The molecule has 160 valence electrons. The van der Waals surface area contributed by atoms with Crippen molar-refractivity contribution in [2.75, 3.05) is 43.4 Å². The summed E-state index contributed by atoms with van der Waals surface area (Å²) in [6, 6.07) is 7.20. The second-order valence-corrected chi connectivity index (χ2v) is 8.61. The first-order valence-corrected chi connectivity index (χ1v) is 10.1. The zero-order chi connectivity index (χ0) is 21.0. The molecule has 0 spiro atoms. The second kappa shape index (κ2) is 9.00. The summed E-state index contributed by atoms with van der Waals surface area (Å²) < 4.78 is 16.5. The van der Waals surface area contributed by atoms with Gasteiger partial charge in [0.2, 0.25) is 0 Å². The molecule has 8 heteroatoms. The van der Waals surface area contributed by atoms with Gasteiger partial charge in [0.25, 0.3) is 0 Å². The van der Waals surface area contributed by atoms with E-state index in [4.69, 9.17) is 19.9 Å². The van der Waals surface area contributed by atoms with Gasteiger partial charge in [-0.25, -0.2) is 9.59 Å². The number of nitrogens with two attached hydrogens (primary N) is 1. The number of nitrogen functional groups attached to an aromatic ring is 1. The third-order valence-electron chi connectivity index (χ3n) is 4.93. The average molecular weight is 405 g/mol. The van der Waals surface area contributed by atoms with E-state index in [9.17, 15) is 9.59 Å². The number of rotatable bonds is 6. The number of anilines is 2. The number of amides is 1. The van der Waals surface area contributed by atoms with E-state index in [1.807, 2.05) is 32.9 Å². The van der Waals surface area contributed by atoms with Crippen molar-refractivity contribution in [3.05, 3.63) is 24.3 Å². The molecule has 0 aromatic heterocycles. The largest absolute Gasteiger partial charge is 0.458 e. The van der Waals surface area contributed by atoms with Crippen molar-refractivity contribution >= 4 is 23.4 Å². The van der Waals surface area contributed by atoms with Crippen molar-refractivity contribution in [1.82, 2.24) is 4.90 Å². The lowest BCUT2D eigenvalue weighted by Crippen LogP contribution is -2.42. The van der Waals surface area contributed by atoms with Gasteiger partial charge in [-0.15, -0.1) is 0 Å². The number of nitrogens with zero attached hydrogens (tertiary/aromatic N) is 2. The Labute approximate surface area is 171 Å². The van der Waals surface area contributed by atoms with Crippen LogP contribution in [0.1, 0.15) is 33.6 Å². The van der Waals surface area contributed by atoms with Crippen LogP contribution in [0.25, 0.3) is 0 Å². The van der Waals surface area contributed by atoms with Crippen molar-refractivity contribution in [2.45, 2.75) is 51.4 Å². The lowest BCUT2D eigenvalue weighted by molar-refractivity contribution is -0.163. The molecule has 1 amide bonds. The van der Waals surface area contributed by atoms with Gasteiger partial charge in [0.05, 0.1) is 12.6 Å². The molecule has 0 radical (unpaired) electrons. The Balaban J connectivity index is 1.39. The van der Waals surface area contributed by atoms with Gasteiger partial charge in [0, 0.05) is 31.0 Å².